The number of aryl methyl sites for hydroxylation is 1. The van der Waals surface area contributed by atoms with Crippen LogP contribution < -0.4 is 17.7 Å². The van der Waals surface area contributed by atoms with Gasteiger partial charge in [-0.1, -0.05) is 26.0 Å². The fourth-order valence-electron chi connectivity index (χ4n) is 2.32. The van der Waals surface area contributed by atoms with Crippen molar-refractivity contribution in [3.63, 3.8) is 0 Å². The molecule has 0 aliphatic carbocycles. The number of quaternary nitrogens is 1. The average molecular weight is 306 g/mol. The summed E-state index contributed by atoms with van der Waals surface area (Å²) in [7, 11) is 0. The quantitative estimate of drug-likeness (QED) is 0.734. The van der Waals surface area contributed by atoms with Crippen LogP contribution in [0.25, 0.3) is 22.1 Å². The highest BCUT2D eigenvalue weighted by atomic mass is 35.5. The van der Waals surface area contributed by atoms with Gasteiger partial charge in [0.15, 0.2) is 0 Å². The smallest absolute Gasteiger partial charge is 0.272 e. The van der Waals surface area contributed by atoms with Crippen LogP contribution in [0.1, 0.15) is 33.0 Å². The predicted octanol–water partition coefficient (Wildman–Crippen LogP) is -0.0642. The molecule has 1 atom stereocenters. The molecule has 0 radical (unpaired) electrons. The Morgan fingerprint density at radius 1 is 1.19 bits per heavy atom. The van der Waals surface area contributed by atoms with Crippen molar-refractivity contribution in [3.05, 3.63) is 30.1 Å². The minimum absolute atomic E-state index is 0. The van der Waals surface area contributed by atoms with Crippen LogP contribution in [0.2, 0.25) is 0 Å². The fraction of sp³-hybridized carbons (Fsp3) is 0.375. The molecule has 0 spiro atoms. The van der Waals surface area contributed by atoms with Crippen molar-refractivity contribution in [3.8, 4) is 0 Å². The first-order chi connectivity index (χ1) is 9.72. The molecular formula is C16H20ClN3O. The molecule has 0 fully saturated rings. The molecule has 112 valence electrons. The second-order valence-corrected chi connectivity index (χ2v) is 5.21. The van der Waals surface area contributed by atoms with Crippen molar-refractivity contribution < 1.29 is 22.1 Å². The third-order valence-electron chi connectivity index (χ3n) is 3.69. The molecule has 0 aliphatic heterocycles. The standard InChI is InChI=1S/C16H19N3O.ClH/c1-4-10(3)17-16-15-14(18-13(5-2)19-16)11-8-6-7-9-12(11)20-15;/h6-10H,4-5H2,1-3H3,(H,17,18,19);1H. The van der Waals surface area contributed by atoms with Gasteiger partial charge < -0.3 is 16.8 Å². The van der Waals surface area contributed by atoms with Crippen molar-refractivity contribution in [2.75, 3.05) is 0 Å². The number of nitrogens with two attached hydrogens (primary N) is 1. The number of rotatable bonds is 4. The second kappa shape index (κ2) is 6.41. The van der Waals surface area contributed by atoms with E-state index < -0.39 is 0 Å². The van der Waals surface area contributed by atoms with E-state index in [-0.39, 0.29) is 12.4 Å². The molecule has 0 aliphatic rings. The van der Waals surface area contributed by atoms with E-state index in [4.69, 9.17) is 4.42 Å². The van der Waals surface area contributed by atoms with E-state index in [0.717, 1.165) is 46.6 Å². The maximum absolute atomic E-state index is 5.97. The van der Waals surface area contributed by atoms with Crippen molar-refractivity contribution in [2.45, 2.75) is 39.7 Å². The minimum atomic E-state index is 0. The van der Waals surface area contributed by atoms with E-state index in [2.05, 4.69) is 42.1 Å². The highest BCUT2D eigenvalue weighted by Crippen LogP contribution is 2.29. The zero-order chi connectivity index (χ0) is 14.1. The zero-order valence-electron chi connectivity index (χ0n) is 12.6. The predicted molar refractivity (Wildman–Crippen MR) is 80.0 cm³/mol. The fourth-order valence-corrected chi connectivity index (χ4v) is 2.32. The Kier molecular flexibility index (Phi) is 4.80. The Bertz CT molecular complexity index is 754. The van der Waals surface area contributed by atoms with E-state index in [1.54, 1.807) is 0 Å². The number of hydrogen-bond acceptors (Lipinski definition) is 3. The molecule has 0 amide bonds. The van der Waals surface area contributed by atoms with Crippen LogP contribution in [0.15, 0.2) is 28.7 Å². The first-order valence-corrected chi connectivity index (χ1v) is 7.26. The van der Waals surface area contributed by atoms with Gasteiger partial charge in [-0.3, -0.25) is 5.32 Å². The number of fused-ring (bicyclic) bond motifs is 3. The topological polar surface area (TPSA) is 55.5 Å². The van der Waals surface area contributed by atoms with Gasteiger partial charge in [-0.15, -0.1) is 0 Å². The molecule has 3 aromatic rings. The van der Waals surface area contributed by atoms with Crippen molar-refractivity contribution >= 4 is 27.9 Å². The second-order valence-electron chi connectivity index (χ2n) is 5.21. The van der Waals surface area contributed by atoms with Gasteiger partial charge in [0, 0.05) is 11.8 Å². The van der Waals surface area contributed by atoms with Crippen LogP contribution in [0, 0.1) is 0 Å². The van der Waals surface area contributed by atoms with Gasteiger partial charge in [0.25, 0.3) is 5.82 Å². The molecule has 4 nitrogen and oxygen atoms in total. The molecule has 0 saturated carbocycles. The monoisotopic (exact) mass is 305 g/mol. The lowest BCUT2D eigenvalue weighted by molar-refractivity contribution is -0.609. The molecule has 3 rings (SSSR count). The first-order valence-electron chi connectivity index (χ1n) is 7.26. The number of halogens is 1. The molecule has 1 aromatic carbocycles. The Labute approximate surface area is 130 Å². The van der Waals surface area contributed by atoms with Gasteiger partial charge in [-0.05, 0) is 25.5 Å². The normalized spacial score (nSPS) is 12.5. The summed E-state index contributed by atoms with van der Waals surface area (Å²) in [5.41, 5.74) is 2.62. The van der Waals surface area contributed by atoms with E-state index in [1.165, 1.54) is 0 Å². The van der Waals surface area contributed by atoms with Gasteiger partial charge in [0.05, 0.1) is 6.04 Å². The Balaban J connectivity index is 0.00000161. The summed E-state index contributed by atoms with van der Waals surface area (Å²) in [5.74, 6) is 1.80. The van der Waals surface area contributed by atoms with Gasteiger partial charge in [0.1, 0.15) is 16.9 Å². The van der Waals surface area contributed by atoms with Crippen molar-refractivity contribution in [1.29, 1.82) is 0 Å². The van der Waals surface area contributed by atoms with Crippen LogP contribution in [-0.2, 0) is 6.42 Å². The highest BCUT2D eigenvalue weighted by molar-refractivity contribution is 6.04. The van der Waals surface area contributed by atoms with Gasteiger partial charge >= 0.3 is 0 Å². The largest absolute Gasteiger partial charge is 1.00 e. The van der Waals surface area contributed by atoms with E-state index in [1.807, 2.05) is 18.2 Å². The summed E-state index contributed by atoms with van der Waals surface area (Å²) in [4.78, 5) is 9.29. The lowest BCUT2D eigenvalue weighted by atomic mass is 10.2. The molecule has 2 heterocycles. The van der Waals surface area contributed by atoms with Crippen LogP contribution in [0.4, 0.5) is 5.82 Å². The number of benzene rings is 1. The molecule has 2 aromatic heterocycles. The molecule has 5 heteroatoms. The van der Waals surface area contributed by atoms with Crippen LogP contribution in [0.3, 0.4) is 0 Å². The molecule has 0 saturated heterocycles. The third-order valence-corrected chi connectivity index (χ3v) is 3.69. The molecule has 1 unspecified atom stereocenters. The van der Waals surface area contributed by atoms with E-state index in [9.17, 15) is 0 Å². The maximum Gasteiger partial charge on any atom is 0.272 e. The summed E-state index contributed by atoms with van der Waals surface area (Å²) >= 11 is 0. The lowest BCUT2D eigenvalue weighted by Crippen LogP contribution is -3.00. The Morgan fingerprint density at radius 3 is 2.67 bits per heavy atom. The number of aromatic nitrogens is 2. The van der Waals surface area contributed by atoms with Crippen LogP contribution in [-0.4, -0.2) is 16.0 Å². The van der Waals surface area contributed by atoms with Gasteiger partial charge in [-0.25, -0.2) is 4.98 Å². The number of nitrogens with zero attached hydrogens (tertiary/aromatic N) is 2. The third kappa shape index (κ3) is 2.87. The SMILES string of the molecule is CCc1nc([NH2+]C(C)CC)c2oc3ccccc3c2n1.[Cl-]. The number of furan rings is 1. The highest BCUT2D eigenvalue weighted by Gasteiger charge is 2.19. The van der Waals surface area contributed by atoms with E-state index >= 15 is 0 Å². The van der Waals surface area contributed by atoms with Crippen LogP contribution in [0.5, 0.6) is 0 Å². The molecule has 2 N–H and O–H groups in total. The summed E-state index contributed by atoms with van der Waals surface area (Å²) in [6.45, 7) is 6.46. The lowest BCUT2D eigenvalue weighted by Gasteiger charge is -2.07. The molecule has 0 bridgehead atoms. The molecular weight excluding hydrogens is 286 g/mol. The number of para-hydroxylation sites is 1. The minimum Gasteiger partial charge on any atom is -1.00 e. The summed E-state index contributed by atoms with van der Waals surface area (Å²) < 4.78 is 5.97. The maximum atomic E-state index is 5.97. The summed E-state index contributed by atoms with van der Waals surface area (Å²) in [6, 6.07) is 8.52. The van der Waals surface area contributed by atoms with Crippen molar-refractivity contribution in [2.24, 2.45) is 0 Å². The zero-order valence-corrected chi connectivity index (χ0v) is 13.3. The Hall–Kier alpha value is -1.65. The average Bonchev–Trinajstić information content (AvgIpc) is 2.86. The summed E-state index contributed by atoms with van der Waals surface area (Å²) in [6.07, 6.45) is 1.92. The van der Waals surface area contributed by atoms with Crippen LogP contribution >= 0.6 is 0 Å². The van der Waals surface area contributed by atoms with Crippen molar-refractivity contribution in [1.82, 2.24) is 9.97 Å². The summed E-state index contributed by atoms with van der Waals surface area (Å²) in [5, 5.41) is 3.25. The number of hydrogen-bond donors (Lipinski definition) is 1. The van der Waals surface area contributed by atoms with Gasteiger partial charge in [-0.2, -0.15) is 4.98 Å². The van der Waals surface area contributed by atoms with Gasteiger partial charge in [0.2, 0.25) is 5.58 Å². The first kappa shape index (κ1) is 15.7. The Morgan fingerprint density at radius 2 is 1.95 bits per heavy atom. The van der Waals surface area contributed by atoms with E-state index in [0.29, 0.717) is 6.04 Å². The molecule has 21 heavy (non-hydrogen) atoms.